The van der Waals surface area contributed by atoms with Crippen LogP contribution in [0.5, 0.6) is 11.5 Å². The molecule has 2 N–H and O–H groups in total. The van der Waals surface area contributed by atoms with Crippen LogP contribution in [0.4, 0.5) is 11.4 Å². The van der Waals surface area contributed by atoms with Crippen LogP contribution >= 0.6 is 0 Å². The van der Waals surface area contributed by atoms with E-state index < -0.39 is 14.8 Å². The van der Waals surface area contributed by atoms with Gasteiger partial charge in [-0.15, -0.1) is 0 Å². The molecular formula is C20H23N3O7S. The Morgan fingerprint density at radius 1 is 1.13 bits per heavy atom. The van der Waals surface area contributed by atoms with Gasteiger partial charge in [0.2, 0.25) is 5.91 Å². The largest absolute Gasteiger partial charge is 0.497 e. The van der Waals surface area contributed by atoms with Gasteiger partial charge in [0, 0.05) is 37.1 Å². The molecule has 0 bridgehead atoms. The molecule has 0 aliphatic heterocycles. The fourth-order valence-electron chi connectivity index (χ4n) is 2.62. The van der Waals surface area contributed by atoms with Crippen molar-refractivity contribution < 1.29 is 27.6 Å². The second-order valence-electron chi connectivity index (χ2n) is 6.37. The molecular weight excluding hydrogens is 426 g/mol. The summed E-state index contributed by atoms with van der Waals surface area (Å²) in [5.41, 5.74) is 0.458. The number of sulfone groups is 1. The van der Waals surface area contributed by atoms with Gasteiger partial charge in [-0.05, 0) is 36.4 Å². The number of nitrogens with zero attached hydrogens (tertiary/aromatic N) is 1. The number of nitro groups is 1. The molecule has 2 aromatic rings. The number of carbonyl (C=O) groups is 1. The van der Waals surface area contributed by atoms with Gasteiger partial charge in [0.25, 0.3) is 5.69 Å². The van der Waals surface area contributed by atoms with E-state index >= 15 is 0 Å². The van der Waals surface area contributed by atoms with E-state index in [1.165, 1.54) is 32.4 Å². The van der Waals surface area contributed by atoms with Gasteiger partial charge in [-0.25, -0.2) is 8.42 Å². The standard InChI is InChI=1S/C20H23N3O7S/c1-29-15-5-8-19(30-2)14(12-15)4-9-20(24)22-11-10-21-17-7-6-16(31(3,27)28)13-18(17)23(25)26/h4-9,12-13,21H,10-11H2,1-3H3,(H,22,24)/b9-4+. The number of amides is 1. The predicted molar refractivity (Wildman–Crippen MR) is 116 cm³/mol. The zero-order valence-electron chi connectivity index (χ0n) is 17.2. The second-order valence-corrected chi connectivity index (χ2v) is 8.38. The Bertz CT molecular complexity index is 1100. The van der Waals surface area contributed by atoms with Gasteiger partial charge < -0.3 is 20.1 Å². The minimum atomic E-state index is -3.56. The molecule has 31 heavy (non-hydrogen) atoms. The summed E-state index contributed by atoms with van der Waals surface area (Å²) in [5, 5.41) is 16.7. The SMILES string of the molecule is COc1ccc(OC)c(/C=C/C(=O)NCCNc2ccc(S(C)(=O)=O)cc2[N+](=O)[O-])c1. The van der Waals surface area contributed by atoms with Crippen molar-refractivity contribution in [3.63, 3.8) is 0 Å². The van der Waals surface area contributed by atoms with Crippen LogP contribution in [0, 0.1) is 10.1 Å². The zero-order valence-corrected chi connectivity index (χ0v) is 18.1. The van der Waals surface area contributed by atoms with Gasteiger partial charge in [0.05, 0.1) is 24.0 Å². The van der Waals surface area contributed by atoms with Crippen LogP contribution in [0.1, 0.15) is 5.56 Å². The molecule has 1 amide bonds. The summed E-state index contributed by atoms with van der Waals surface area (Å²) in [6, 6.07) is 8.80. The highest BCUT2D eigenvalue weighted by Gasteiger charge is 2.18. The number of benzene rings is 2. The lowest BCUT2D eigenvalue weighted by atomic mass is 10.1. The third kappa shape index (κ3) is 6.71. The Labute approximate surface area is 179 Å². The third-order valence-electron chi connectivity index (χ3n) is 4.18. The van der Waals surface area contributed by atoms with E-state index in [1.807, 2.05) is 0 Å². The molecule has 166 valence electrons. The van der Waals surface area contributed by atoms with Crippen molar-refractivity contribution in [2.45, 2.75) is 4.90 Å². The predicted octanol–water partition coefficient (Wildman–Crippen LogP) is 2.26. The summed E-state index contributed by atoms with van der Waals surface area (Å²) < 4.78 is 33.6. The molecule has 0 saturated carbocycles. The monoisotopic (exact) mass is 449 g/mol. The summed E-state index contributed by atoms with van der Waals surface area (Å²) in [6.45, 7) is 0.379. The van der Waals surface area contributed by atoms with Crippen molar-refractivity contribution >= 4 is 33.2 Å². The molecule has 2 rings (SSSR count). The number of ether oxygens (including phenoxy) is 2. The molecule has 10 nitrogen and oxygen atoms in total. The van der Waals surface area contributed by atoms with Gasteiger partial charge in [0.15, 0.2) is 9.84 Å². The van der Waals surface area contributed by atoms with Gasteiger partial charge in [-0.1, -0.05) is 0 Å². The minimum absolute atomic E-state index is 0.142. The van der Waals surface area contributed by atoms with E-state index in [9.17, 15) is 23.3 Å². The number of nitrogens with one attached hydrogen (secondary N) is 2. The average Bonchev–Trinajstić information content (AvgIpc) is 2.74. The summed E-state index contributed by atoms with van der Waals surface area (Å²) in [7, 11) is -0.508. The van der Waals surface area contributed by atoms with Crippen LogP contribution in [-0.4, -0.2) is 52.8 Å². The number of hydrogen-bond acceptors (Lipinski definition) is 8. The third-order valence-corrected chi connectivity index (χ3v) is 5.30. The molecule has 0 saturated heterocycles. The first-order chi connectivity index (χ1) is 14.7. The van der Waals surface area contributed by atoms with Crippen molar-refractivity contribution in [1.29, 1.82) is 0 Å². The maximum atomic E-state index is 12.0. The Balaban J connectivity index is 1.95. The Morgan fingerprint density at radius 3 is 2.48 bits per heavy atom. The topological polar surface area (TPSA) is 137 Å². The Morgan fingerprint density at radius 2 is 1.87 bits per heavy atom. The second kappa shape index (κ2) is 10.4. The van der Waals surface area contributed by atoms with Gasteiger partial charge in [0.1, 0.15) is 17.2 Å². The summed E-state index contributed by atoms with van der Waals surface area (Å²) in [6.07, 6.45) is 3.89. The molecule has 0 heterocycles. The molecule has 0 spiro atoms. The quantitative estimate of drug-likeness (QED) is 0.244. The van der Waals surface area contributed by atoms with Crippen LogP contribution < -0.4 is 20.1 Å². The highest BCUT2D eigenvalue weighted by Crippen LogP contribution is 2.27. The van der Waals surface area contributed by atoms with Gasteiger partial charge in [-0.3, -0.25) is 14.9 Å². The molecule has 0 aliphatic rings. The molecule has 0 aromatic heterocycles. The van der Waals surface area contributed by atoms with Crippen LogP contribution in [-0.2, 0) is 14.6 Å². The van der Waals surface area contributed by atoms with Crippen molar-refractivity contribution in [1.82, 2.24) is 5.32 Å². The number of hydrogen-bond donors (Lipinski definition) is 2. The Kier molecular flexibility index (Phi) is 7.97. The van der Waals surface area contributed by atoms with E-state index in [0.29, 0.717) is 17.1 Å². The number of rotatable bonds is 10. The average molecular weight is 449 g/mol. The fourth-order valence-corrected chi connectivity index (χ4v) is 3.26. The molecule has 11 heteroatoms. The fraction of sp³-hybridized carbons (Fsp3) is 0.250. The smallest absolute Gasteiger partial charge is 0.293 e. The maximum absolute atomic E-state index is 12.0. The van der Waals surface area contributed by atoms with Gasteiger partial charge >= 0.3 is 0 Å². The summed E-state index contributed by atoms with van der Waals surface area (Å²) in [4.78, 5) is 22.5. The van der Waals surface area contributed by atoms with Crippen LogP contribution in [0.25, 0.3) is 6.08 Å². The lowest BCUT2D eigenvalue weighted by Gasteiger charge is -2.09. The van der Waals surface area contributed by atoms with Crippen molar-refractivity contribution in [2.75, 3.05) is 38.9 Å². The van der Waals surface area contributed by atoms with Crippen molar-refractivity contribution in [3.8, 4) is 11.5 Å². The normalized spacial score (nSPS) is 11.2. The lowest BCUT2D eigenvalue weighted by molar-refractivity contribution is -0.384. The number of anilines is 1. The van der Waals surface area contributed by atoms with E-state index in [-0.39, 0.29) is 35.3 Å². The van der Waals surface area contributed by atoms with Crippen molar-refractivity contribution in [3.05, 3.63) is 58.2 Å². The first-order valence-electron chi connectivity index (χ1n) is 9.06. The van der Waals surface area contributed by atoms with Crippen LogP contribution in [0.2, 0.25) is 0 Å². The molecule has 0 aliphatic carbocycles. The Hall–Kier alpha value is -3.60. The van der Waals surface area contributed by atoms with Crippen LogP contribution in [0.15, 0.2) is 47.4 Å². The number of nitro benzene ring substituents is 1. The number of methoxy groups -OCH3 is 2. The molecule has 2 aromatic carbocycles. The molecule has 0 fully saturated rings. The molecule has 0 unspecified atom stereocenters. The number of carbonyl (C=O) groups excluding carboxylic acids is 1. The van der Waals surface area contributed by atoms with E-state index in [1.54, 1.807) is 24.3 Å². The lowest BCUT2D eigenvalue weighted by Crippen LogP contribution is -2.27. The van der Waals surface area contributed by atoms with Gasteiger partial charge in [-0.2, -0.15) is 0 Å². The minimum Gasteiger partial charge on any atom is -0.497 e. The summed E-state index contributed by atoms with van der Waals surface area (Å²) >= 11 is 0. The van der Waals surface area contributed by atoms with Crippen molar-refractivity contribution in [2.24, 2.45) is 0 Å². The first-order valence-corrected chi connectivity index (χ1v) is 10.9. The zero-order chi connectivity index (χ0) is 23.0. The summed E-state index contributed by atoms with van der Waals surface area (Å²) in [5.74, 6) is 0.832. The van der Waals surface area contributed by atoms with Crippen LogP contribution in [0.3, 0.4) is 0 Å². The van der Waals surface area contributed by atoms with E-state index in [4.69, 9.17) is 9.47 Å². The molecule has 0 atom stereocenters. The first kappa shape index (κ1) is 23.7. The highest BCUT2D eigenvalue weighted by atomic mass is 32.2. The van der Waals surface area contributed by atoms with E-state index in [0.717, 1.165) is 12.3 Å². The molecule has 0 radical (unpaired) electrons. The van der Waals surface area contributed by atoms with E-state index in [2.05, 4.69) is 10.6 Å². The maximum Gasteiger partial charge on any atom is 0.293 e. The highest BCUT2D eigenvalue weighted by molar-refractivity contribution is 7.90.